The molecule has 0 unspecified atom stereocenters. The molecule has 0 aliphatic rings. The van der Waals surface area contributed by atoms with Gasteiger partial charge in [-0.3, -0.25) is 4.79 Å². The van der Waals surface area contributed by atoms with Gasteiger partial charge in [-0.2, -0.15) is 0 Å². The Morgan fingerprint density at radius 3 is 2.79 bits per heavy atom. The van der Waals surface area contributed by atoms with Gasteiger partial charge in [0.2, 0.25) is 5.91 Å². The second-order valence-corrected chi connectivity index (χ2v) is 7.27. The number of nitrogens with one attached hydrogen (secondary N) is 2. The van der Waals surface area contributed by atoms with E-state index in [-0.39, 0.29) is 5.91 Å². The number of nitrogens with zero attached hydrogens (tertiary/aromatic N) is 3. The summed E-state index contributed by atoms with van der Waals surface area (Å²) in [5.74, 6) is -0.186. The third-order valence-electron chi connectivity index (χ3n) is 3.83. The van der Waals surface area contributed by atoms with E-state index in [0.29, 0.717) is 39.1 Å². The maximum Gasteiger partial charge on any atom is 0.248 e. The van der Waals surface area contributed by atoms with Gasteiger partial charge in [0.1, 0.15) is 18.0 Å². The number of anilines is 3. The number of hydrogen-bond donors (Lipinski definition) is 2. The average molecular weight is 444 g/mol. The third kappa shape index (κ3) is 5.11. The highest BCUT2D eigenvalue weighted by Crippen LogP contribution is 2.28. The zero-order valence-corrected chi connectivity index (χ0v) is 17.0. The van der Waals surface area contributed by atoms with Crippen LogP contribution < -0.4 is 10.6 Å². The van der Waals surface area contributed by atoms with Gasteiger partial charge >= 0.3 is 0 Å². The van der Waals surface area contributed by atoms with Crippen LogP contribution in [-0.4, -0.2) is 41.4 Å². The normalized spacial score (nSPS) is 11.3. The van der Waals surface area contributed by atoms with Crippen LogP contribution >= 0.6 is 15.9 Å². The molecule has 8 heteroatoms. The Morgan fingerprint density at radius 1 is 1.21 bits per heavy atom. The number of carbonyl (C=O) groups is 1. The maximum absolute atomic E-state index is 14.2. The standard InChI is InChI=1S/C20H19BrFN5O/c1-27(2)9-3-4-19(28)25-14-6-8-17-15(11-14)20(24-12-23-17)26-18-7-5-13(21)10-16(18)22/h3-8,10-12H,9H2,1-2H3,(H,25,28)(H,23,24,26)/b4-3+. The summed E-state index contributed by atoms with van der Waals surface area (Å²) in [6.07, 6.45) is 4.68. The maximum atomic E-state index is 14.2. The molecule has 0 radical (unpaired) electrons. The number of fused-ring (bicyclic) bond motifs is 1. The Kier molecular flexibility index (Phi) is 6.33. The van der Waals surface area contributed by atoms with Gasteiger partial charge in [0.25, 0.3) is 0 Å². The molecule has 0 aliphatic heterocycles. The molecule has 6 nitrogen and oxygen atoms in total. The number of hydrogen-bond acceptors (Lipinski definition) is 5. The predicted octanol–water partition coefficient (Wildman–Crippen LogP) is 4.33. The molecule has 0 fully saturated rings. The van der Waals surface area contributed by atoms with Crippen LogP contribution in [-0.2, 0) is 4.79 Å². The summed E-state index contributed by atoms with van der Waals surface area (Å²) >= 11 is 3.24. The summed E-state index contributed by atoms with van der Waals surface area (Å²) in [5, 5.41) is 6.47. The van der Waals surface area contributed by atoms with Crippen LogP contribution in [0.25, 0.3) is 10.9 Å². The zero-order chi connectivity index (χ0) is 20.1. The fourth-order valence-electron chi connectivity index (χ4n) is 2.51. The van der Waals surface area contributed by atoms with E-state index < -0.39 is 5.82 Å². The molecule has 0 atom stereocenters. The van der Waals surface area contributed by atoms with Gasteiger partial charge in [0.15, 0.2) is 0 Å². The van der Waals surface area contributed by atoms with Crippen LogP contribution in [0.1, 0.15) is 0 Å². The molecule has 0 saturated carbocycles. The van der Waals surface area contributed by atoms with Crippen molar-refractivity contribution >= 4 is 49.9 Å². The van der Waals surface area contributed by atoms with Gasteiger partial charge in [-0.15, -0.1) is 0 Å². The first-order valence-electron chi connectivity index (χ1n) is 8.51. The fraction of sp³-hybridized carbons (Fsp3) is 0.150. The lowest BCUT2D eigenvalue weighted by molar-refractivity contribution is -0.111. The second-order valence-electron chi connectivity index (χ2n) is 6.36. The van der Waals surface area contributed by atoms with Crippen molar-refractivity contribution in [2.24, 2.45) is 0 Å². The Morgan fingerprint density at radius 2 is 2.04 bits per heavy atom. The van der Waals surface area contributed by atoms with Crippen LogP contribution in [0.5, 0.6) is 0 Å². The van der Waals surface area contributed by atoms with E-state index >= 15 is 0 Å². The molecule has 3 aromatic rings. The fourth-order valence-corrected chi connectivity index (χ4v) is 2.84. The molecule has 1 aromatic heterocycles. The monoisotopic (exact) mass is 443 g/mol. The number of aromatic nitrogens is 2. The van der Waals surface area contributed by atoms with Crippen molar-refractivity contribution in [3.8, 4) is 0 Å². The lowest BCUT2D eigenvalue weighted by atomic mass is 10.2. The van der Waals surface area contributed by atoms with E-state index in [4.69, 9.17) is 0 Å². The largest absolute Gasteiger partial charge is 0.337 e. The van der Waals surface area contributed by atoms with E-state index in [2.05, 4.69) is 36.5 Å². The molecule has 0 spiro atoms. The Labute approximate surface area is 170 Å². The first-order valence-corrected chi connectivity index (χ1v) is 9.31. The van der Waals surface area contributed by atoms with Crippen LogP contribution in [0.4, 0.5) is 21.6 Å². The number of rotatable bonds is 6. The molecule has 2 N–H and O–H groups in total. The Balaban J connectivity index is 1.85. The molecule has 1 heterocycles. The van der Waals surface area contributed by atoms with Crippen molar-refractivity contribution in [2.75, 3.05) is 31.3 Å². The number of carbonyl (C=O) groups excluding carboxylic acids is 1. The van der Waals surface area contributed by atoms with E-state index in [1.54, 1.807) is 36.4 Å². The van der Waals surface area contributed by atoms with Crippen molar-refractivity contribution in [1.29, 1.82) is 0 Å². The van der Waals surface area contributed by atoms with Gasteiger partial charge in [0.05, 0.1) is 11.2 Å². The van der Waals surface area contributed by atoms with Crippen molar-refractivity contribution in [1.82, 2.24) is 14.9 Å². The second kappa shape index (κ2) is 8.90. The van der Waals surface area contributed by atoms with Crippen LogP contribution in [0, 0.1) is 5.82 Å². The first-order chi connectivity index (χ1) is 13.4. The number of halogens is 2. The van der Waals surface area contributed by atoms with Gasteiger partial charge in [-0.1, -0.05) is 22.0 Å². The first kappa shape index (κ1) is 19.9. The third-order valence-corrected chi connectivity index (χ3v) is 4.32. The topological polar surface area (TPSA) is 70.2 Å². The molecule has 0 bridgehead atoms. The zero-order valence-electron chi connectivity index (χ0n) is 15.4. The lowest BCUT2D eigenvalue weighted by Crippen LogP contribution is -2.12. The predicted molar refractivity (Wildman–Crippen MR) is 113 cm³/mol. The molecular formula is C20H19BrFN5O. The molecule has 28 heavy (non-hydrogen) atoms. The minimum atomic E-state index is -0.406. The van der Waals surface area contributed by atoms with Crippen LogP contribution in [0.2, 0.25) is 0 Å². The van der Waals surface area contributed by atoms with Crippen molar-refractivity contribution in [3.63, 3.8) is 0 Å². The molecule has 144 valence electrons. The van der Waals surface area contributed by atoms with Crippen LogP contribution in [0.3, 0.4) is 0 Å². The summed E-state index contributed by atoms with van der Waals surface area (Å²) in [7, 11) is 3.85. The van der Waals surface area contributed by atoms with Crippen LogP contribution in [0.15, 0.2) is 59.4 Å². The lowest BCUT2D eigenvalue weighted by Gasteiger charge is -2.11. The summed E-state index contributed by atoms with van der Waals surface area (Å²) < 4.78 is 14.8. The van der Waals surface area contributed by atoms with Gasteiger partial charge < -0.3 is 15.5 Å². The summed E-state index contributed by atoms with van der Waals surface area (Å²) in [6.45, 7) is 0.672. The Hall–Kier alpha value is -2.84. The Bertz CT molecular complexity index is 1040. The number of likely N-dealkylation sites (N-methyl/N-ethyl adjacent to an activating group) is 1. The molecule has 3 rings (SSSR count). The summed E-state index contributed by atoms with van der Waals surface area (Å²) in [4.78, 5) is 22.5. The van der Waals surface area contributed by atoms with Crippen molar-refractivity contribution in [2.45, 2.75) is 0 Å². The highest BCUT2D eigenvalue weighted by Gasteiger charge is 2.09. The quantitative estimate of drug-likeness (QED) is 0.554. The van der Waals surface area contributed by atoms with Gasteiger partial charge in [-0.25, -0.2) is 14.4 Å². The molecular weight excluding hydrogens is 425 g/mol. The molecule has 0 aliphatic carbocycles. The van der Waals surface area contributed by atoms with Gasteiger partial charge in [-0.05, 0) is 50.5 Å². The van der Waals surface area contributed by atoms with E-state index in [1.807, 2.05) is 19.0 Å². The van der Waals surface area contributed by atoms with Crippen molar-refractivity contribution < 1.29 is 9.18 Å². The number of amides is 1. The number of benzene rings is 2. The minimum Gasteiger partial charge on any atom is -0.337 e. The van der Waals surface area contributed by atoms with E-state index in [9.17, 15) is 9.18 Å². The summed E-state index contributed by atoms with van der Waals surface area (Å²) in [5.41, 5.74) is 1.57. The van der Waals surface area contributed by atoms with Crippen molar-refractivity contribution in [3.05, 3.63) is 65.2 Å². The highest BCUT2D eigenvalue weighted by atomic mass is 79.9. The smallest absolute Gasteiger partial charge is 0.248 e. The SMILES string of the molecule is CN(C)C/C=C/C(=O)Nc1ccc2ncnc(Nc3ccc(Br)cc3F)c2c1. The van der Waals surface area contributed by atoms with Gasteiger partial charge in [0, 0.05) is 28.2 Å². The van der Waals surface area contributed by atoms with E-state index in [1.165, 1.54) is 18.5 Å². The molecule has 0 saturated heterocycles. The van der Waals surface area contributed by atoms with E-state index in [0.717, 1.165) is 0 Å². The molecule has 1 amide bonds. The minimum absolute atomic E-state index is 0.230. The average Bonchev–Trinajstić information content (AvgIpc) is 2.64. The summed E-state index contributed by atoms with van der Waals surface area (Å²) in [6, 6.07) is 10.0. The highest BCUT2D eigenvalue weighted by molar-refractivity contribution is 9.10. The molecule has 2 aromatic carbocycles.